The van der Waals surface area contributed by atoms with E-state index in [2.05, 4.69) is 10.7 Å². The molecular weight excluding hydrogens is 392 g/mol. The summed E-state index contributed by atoms with van der Waals surface area (Å²) in [5.74, 6) is -0.971. The van der Waals surface area contributed by atoms with Crippen LogP contribution in [0, 0.1) is 0 Å². The molecule has 0 unspecified atom stereocenters. The summed E-state index contributed by atoms with van der Waals surface area (Å²) in [7, 11) is 1.76. The number of halogens is 1. The molecule has 2 N–H and O–H groups in total. The zero-order valence-corrected chi connectivity index (χ0v) is 17.1. The lowest BCUT2D eigenvalue weighted by Crippen LogP contribution is -2.50. The van der Waals surface area contributed by atoms with Gasteiger partial charge >= 0.3 is 6.03 Å². The van der Waals surface area contributed by atoms with E-state index in [1.165, 1.54) is 0 Å². The maximum atomic E-state index is 13.0. The number of amides is 4. The number of benzene rings is 2. The minimum atomic E-state index is -1.19. The zero-order valence-electron chi connectivity index (χ0n) is 16.3. The highest BCUT2D eigenvalue weighted by Gasteiger charge is 2.52. The Hall–Kier alpha value is -2.90. The molecule has 1 aliphatic rings. The lowest BCUT2D eigenvalue weighted by Gasteiger charge is -2.25. The third kappa shape index (κ3) is 4.26. The van der Waals surface area contributed by atoms with Crippen molar-refractivity contribution in [3.05, 3.63) is 70.7 Å². The van der Waals surface area contributed by atoms with Crippen LogP contribution in [0.15, 0.2) is 54.6 Å². The molecule has 1 aliphatic heterocycles. The number of carbonyl (C=O) groups is 3. The van der Waals surface area contributed by atoms with Gasteiger partial charge in [0.15, 0.2) is 0 Å². The van der Waals surface area contributed by atoms with Crippen LogP contribution >= 0.6 is 11.6 Å². The first-order valence-corrected chi connectivity index (χ1v) is 9.69. The van der Waals surface area contributed by atoms with Crippen molar-refractivity contribution in [2.45, 2.75) is 25.4 Å². The highest BCUT2D eigenvalue weighted by molar-refractivity contribution is 6.31. The van der Waals surface area contributed by atoms with Crippen LogP contribution in [0.2, 0.25) is 5.02 Å². The van der Waals surface area contributed by atoms with Gasteiger partial charge in [-0.15, -0.1) is 0 Å². The summed E-state index contributed by atoms with van der Waals surface area (Å²) >= 11 is 6.15. The number of rotatable bonds is 7. The van der Waals surface area contributed by atoms with Crippen LogP contribution in [-0.2, 0) is 21.7 Å². The van der Waals surface area contributed by atoms with E-state index in [1.54, 1.807) is 42.3 Å². The Balaban J connectivity index is 1.66. The molecule has 0 bridgehead atoms. The molecule has 8 heteroatoms. The van der Waals surface area contributed by atoms with Crippen molar-refractivity contribution in [3.63, 3.8) is 0 Å². The fraction of sp³-hybridized carbons (Fsp3) is 0.286. The standard InChI is InChI=1S/C21H23ClN4O3/c1-3-21(16-10-5-4-6-11-16)19(28)26(20(29)23-21)24-18(27)14-25(2)13-15-9-7-8-12-17(15)22/h4-12H,3,13-14H2,1-2H3,(H,23,29)(H,24,27)/t21-/m0/s1. The number of hydrogen-bond acceptors (Lipinski definition) is 4. The van der Waals surface area contributed by atoms with E-state index in [4.69, 9.17) is 11.6 Å². The molecule has 1 saturated heterocycles. The lowest BCUT2D eigenvalue weighted by atomic mass is 9.87. The Morgan fingerprint density at radius 3 is 2.45 bits per heavy atom. The molecule has 29 heavy (non-hydrogen) atoms. The van der Waals surface area contributed by atoms with E-state index in [0.717, 1.165) is 10.6 Å². The van der Waals surface area contributed by atoms with Crippen LogP contribution in [0.25, 0.3) is 0 Å². The van der Waals surface area contributed by atoms with E-state index in [-0.39, 0.29) is 6.54 Å². The second-order valence-electron chi connectivity index (χ2n) is 6.99. The second kappa shape index (κ2) is 8.63. The molecule has 1 atom stereocenters. The predicted octanol–water partition coefficient (Wildman–Crippen LogP) is 2.66. The molecule has 2 aromatic rings. The van der Waals surface area contributed by atoms with Crippen LogP contribution < -0.4 is 10.7 Å². The first-order chi connectivity index (χ1) is 13.9. The highest BCUT2D eigenvalue weighted by atomic mass is 35.5. The second-order valence-corrected chi connectivity index (χ2v) is 7.40. The number of imide groups is 1. The lowest BCUT2D eigenvalue weighted by molar-refractivity contribution is -0.139. The van der Waals surface area contributed by atoms with Crippen molar-refractivity contribution in [1.29, 1.82) is 0 Å². The minimum Gasteiger partial charge on any atom is -0.318 e. The number of carbonyl (C=O) groups excluding carboxylic acids is 3. The van der Waals surface area contributed by atoms with Crippen LogP contribution in [0.1, 0.15) is 24.5 Å². The molecule has 0 spiro atoms. The summed E-state index contributed by atoms with van der Waals surface area (Å²) in [6, 6.07) is 15.7. The fourth-order valence-electron chi connectivity index (χ4n) is 3.42. The fourth-order valence-corrected chi connectivity index (χ4v) is 3.61. The van der Waals surface area contributed by atoms with Crippen LogP contribution in [0.5, 0.6) is 0 Å². The molecule has 0 radical (unpaired) electrons. The normalized spacial score (nSPS) is 18.8. The molecule has 7 nitrogen and oxygen atoms in total. The number of hydrogen-bond donors (Lipinski definition) is 2. The van der Waals surface area contributed by atoms with Gasteiger partial charge in [0.25, 0.3) is 11.8 Å². The SMILES string of the molecule is CC[C@@]1(c2ccccc2)NC(=O)N(NC(=O)CN(C)Cc2ccccc2Cl)C1=O. The molecule has 1 fully saturated rings. The predicted molar refractivity (Wildman–Crippen MR) is 110 cm³/mol. The van der Waals surface area contributed by atoms with Gasteiger partial charge in [0.05, 0.1) is 6.54 Å². The molecule has 1 heterocycles. The van der Waals surface area contributed by atoms with Crippen molar-refractivity contribution in [2.24, 2.45) is 0 Å². The minimum absolute atomic E-state index is 0.00720. The van der Waals surface area contributed by atoms with Crippen molar-refractivity contribution >= 4 is 29.4 Å². The quantitative estimate of drug-likeness (QED) is 0.682. The summed E-state index contributed by atoms with van der Waals surface area (Å²) in [6.07, 6.45) is 0.361. The molecule has 152 valence electrons. The summed E-state index contributed by atoms with van der Waals surface area (Å²) in [4.78, 5) is 39.7. The molecule has 4 amide bonds. The summed E-state index contributed by atoms with van der Waals surface area (Å²) < 4.78 is 0. The Kier molecular flexibility index (Phi) is 6.20. The number of urea groups is 1. The van der Waals surface area contributed by atoms with Crippen molar-refractivity contribution in [1.82, 2.24) is 20.7 Å². The van der Waals surface area contributed by atoms with E-state index in [1.807, 2.05) is 31.2 Å². The van der Waals surface area contributed by atoms with Crippen LogP contribution in [0.3, 0.4) is 0 Å². The average Bonchev–Trinajstić information content (AvgIpc) is 2.95. The molecule has 2 aromatic carbocycles. The molecule has 3 rings (SSSR count). The first kappa shape index (κ1) is 20.8. The number of nitrogens with zero attached hydrogens (tertiary/aromatic N) is 2. The summed E-state index contributed by atoms with van der Waals surface area (Å²) in [5.41, 5.74) is 2.80. The molecule has 0 aromatic heterocycles. The van der Waals surface area contributed by atoms with Gasteiger partial charge in [0.1, 0.15) is 5.54 Å². The van der Waals surface area contributed by atoms with Crippen LogP contribution in [-0.4, -0.2) is 41.3 Å². The van der Waals surface area contributed by atoms with Crippen molar-refractivity contribution in [3.8, 4) is 0 Å². The van der Waals surface area contributed by atoms with Gasteiger partial charge in [0, 0.05) is 11.6 Å². The van der Waals surface area contributed by atoms with E-state index >= 15 is 0 Å². The van der Waals surface area contributed by atoms with Crippen molar-refractivity contribution < 1.29 is 14.4 Å². The van der Waals surface area contributed by atoms with Gasteiger partial charge in [-0.1, -0.05) is 67.1 Å². The van der Waals surface area contributed by atoms with Crippen LogP contribution in [0.4, 0.5) is 4.79 Å². The summed E-state index contributed by atoms with van der Waals surface area (Å²) in [6.45, 7) is 2.26. The monoisotopic (exact) mass is 414 g/mol. The maximum absolute atomic E-state index is 13.0. The number of nitrogens with one attached hydrogen (secondary N) is 2. The largest absolute Gasteiger partial charge is 0.344 e. The topological polar surface area (TPSA) is 81.8 Å². The van der Waals surface area contributed by atoms with Gasteiger partial charge in [-0.3, -0.25) is 19.9 Å². The average molecular weight is 415 g/mol. The number of hydrazine groups is 1. The van der Waals surface area contributed by atoms with Gasteiger partial charge in [-0.05, 0) is 30.7 Å². The smallest absolute Gasteiger partial charge is 0.318 e. The third-order valence-corrected chi connectivity index (χ3v) is 5.31. The van der Waals surface area contributed by atoms with E-state index in [0.29, 0.717) is 23.6 Å². The van der Waals surface area contributed by atoms with Gasteiger partial charge in [-0.25, -0.2) is 4.79 Å². The molecular formula is C21H23ClN4O3. The first-order valence-electron chi connectivity index (χ1n) is 9.31. The van der Waals surface area contributed by atoms with Gasteiger partial charge in [0.2, 0.25) is 0 Å². The maximum Gasteiger partial charge on any atom is 0.344 e. The summed E-state index contributed by atoms with van der Waals surface area (Å²) in [5, 5.41) is 4.11. The Bertz CT molecular complexity index is 921. The van der Waals surface area contributed by atoms with Crippen molar-refractivity contribution in [2.75, 3.05) is 13.6 Å². The third-order valence-electron chi connectivity index (χ3n) is 4.94. The highest BCUT2D eigenvalue weighted by Crippen LogP contribution is 2.31. The van der Waals surface area contributed by atoms with Gasteiger partial charge < -0.3 is 5.32 Å². The number of likely N-dealkylation sites (N-methyl/N-ethyl adjacent to an activating group) is 1. The Morgan fingerprint density at radius 1 is 1.14 bits per heavy atom. The van der Waals surface area contributed by atoms with Gasteiger partial charge in [-0.2, -0.15) is 5.01 Å². The zero-order chi connectivity index (χ0) is 21.0. The van der Waals surface area contributed by atoms with E-state index < -0.39 is 23.4 Å². The molecule has 0 saturated carbocycles. The Morgan fingerprint density at radius 2 is 1.79 bits per heavy atom. The molecule has 0 aliphatic carbocycles. The Labute approximate surface area is 174 Å². The van der Waals surface area contributed by atoms with E-state index in [9.17, 15) is 14.4 Å².